The van der Waals surface area contributed by atoms with Crippen LogP contribution >= 0.6 is 15.9 Å². The summed E-state index contributed by atoms with van der Waals surface area (Å²) in [6, 6.07) is 8.04. The number of nitriles is 1. The molecule has 0 spiro atoms. The molecule has 90 valence electrons. The maximum absolute atomic E-state index is 9.08. The van der Waals surface area contributed by atoms with Crippen molar-refractivity contribution in [1.29, 1.82) is 5.26 Å². The molecule has 17 heavy (non-hydrogen) atoms. The maximum atomic E-state index is 9.08. The average molecular weight is 293 g/mol. The van der Waals surface area contributed by atoms with Crippen LogP contribution in [0.15, 0.2) is 22.7 Å². The Morgan fingerprint density at radius 1 is 1.47 bits per heavy atom. The molecule has 1 saturated carbocycles. The fourth-order valence-electron chi connectivity index (χ4n) is 2.53. The second kappa shape index (κ2) is 5.55. The number of halogens is 1. The fraction of sp³-hybridized carbons (Fsp3) is 0.500. The van der Waals surface area contributed by atoms with Gasteiger partial charge >= 0.3 is 0 Å². The van der Waals surface area contributed by atoms with Gasteiger partial charge in [0.25, 0.3) is 0 Å². The number of nitrogens with zero attached hydrogens (tertiary/aromatic N) is 1. The molecule has 1 N–H and O–H groups in total. The predicted molar refractivity (Wildman–Crippen MR) is 73.9 cm³/mol. The number of rotatable bonds is 3. The summed E-state index contributed by atoms with van der Waals surface area (Å²) in [4.78, 5) is 0. The van der Waals surface area contributed by atoms with Crippen molar-refractivity contribution in [2.24, 2.45) is 11.8 Å². The summed E-state index contributed by atoms with van der Waals surface area (Å²) in [5.74, 6) is 1.56. The minimum atomic E-state index is 0.713. The van der Waals surface area contributed by atoms with Crippen molar-refractivity contribution in [3.63, 3.8) is 0 Å². The molecule has 1 aromatic rings. The van der Waals surface area contributed by atoms with Gasteiger partial charge in [-0.15, -0.1) is 0 Å². The van der Waals surface area contributed by atoms with Gasteiger partial charge in [-0.3, -0.25) is 0 Å². The molecular weight excluding hydrogens is 276 g/mol. The van der Waals surface area contributed by atoms with E-state index in [0.29, 0.717) is 5.56 Å². The van der Waals surface area contributed by atoms with Crippen molar-refractivity contribution in [3.8, 4) is 6.07 Å². The second-order valence-corrected chi connectivity index (χ2v) is 5.77. The van der Waals surface area contributed by atoms with Crippen molar-refractivity contribution in [1.82, 2.24) is 0 Å². The van der Waals surface area contributed by atoms with Gasteiger partial charge in [-0.1, -0.05) is 35.7 Å². The number of hydrogen-bond donors (Lipinski definition) is 1. The third kappa shape index (κ3) is 3.01. The Morgan fingerprint density at radius 2 is 2.29 bits per heavy atom. The zero-order valence-electron chi connectivity index (χ0n) is 10.0. The van der Waals surface area contributed by atoms with E-state index in [2.05, 4.69) is 34.2 Å². The van der Waals surface area contributed by atoms with Gasteiger partial charge in [-0.05, 0) is 36.5 Å². The quantitative estimate of drug-likeness (QED) is 0.908. The molecule has 1 aromatic carbocycles. The molecule has 0 aromatic heterocycles. The van der Waals surface area contributed by atoms with Crippen molar-refractivity contribution in [2.45, 2.75) is 26.2 Å². The first-order valence-electron chi connectivity index (χ1n) is 6.14. The van der Waals surface area contributed by atoms with Gasteiger partial charge in [-0.2, -0.15) is 5.26 Å². The number of nitrogens with one attached hydrogen (secondary N) is 1. The summed E-state index contributed by atoms with van der Waals surface area (Å²) in [7, 11) is 0. The van der Waals surface area contributed by atoms with Crippen LogP contribution < -0.4 is 5.32 Å². The Bertz CT molecular complexity index is 436. The fourth-order valence-corrected chi connectivity index (χ4v) is 2.89. The maximum Gasteiger partial charge on any atom is 0.101 e. The molecule has 2 unspecified atom stereocenters. The zero-order valence-corrected chi connectivity index (χ0v) is 11.6. The van der Waals surface area contributed by atoms with Crippen LogP contribution in [0.4, 0.5) is 5.69 Å². The minimum Gasteiger partial charge on any atom is -0.384 e. The molecule has 2 atom stereocenters. The van der Waals surface area contributed by atoms with Gasteiger partial charge in [0.15, 0.2) is 0 Å². The summed E-state index contributed by atoms with van der Waals surface area (Å²) >= 11 is 3.39. The minimum absolute atomic E-state index is 0.713. The Balaban J connectivity index is 2.01. The normalized spacial score (nSPS) is 23.4. The Kier molecular flexibility index (Phi) is 4.06. The number of anilines is 1. The summed E-state index contributed by atoms with van der Waals surface area (Å²) in [6.45, 7) is 3.31. The molecule has 1 aliphatic rings. The lowest BCUT2D eigenvalue weighted by molar-refractivity contribution is 0.439. The summed E-state index contributed by atoms with van der Waals surface area (Å²) in [5.41, 5.74) is 1.67. The monoisotopic (exact) mass is 292 g/mol. The Morgan fingerprint density at radius 3 is 2.94 bits per heavy atom. The van der Waals surface area contributed by atoms with Crippen molar-refractivity contribution in [2.75, 3.05) is 11.9 Å². The Labute approximate surface area is 111 Å². The summed E-state index contributed by atoms with van der Waals surface area (Å²) < 4.78 is 0.953. The lowest BCUT2D eigenvalue weighted by atomic mass is 9.98. The molecular formula is C14H17BrN2. The van der Waals surface area contributed by atoms with Gasteiger partial charge in [0.2, 0.25) is 0 Å². The van der Waals surface area contributed by atoms with Crippen LogP contribution in [0, 0.1) is 23.2 Å². The van der Waals surface area contributed by atoms with Crippen LogP contribution in [0.3, 0.4) is 0 Å². The van der Waals surface area contributed by atoms with Gasteiger partial charge in [-0.25, -0.2) is 0 Å². The summed E-state index contributed by atoms with van der Waals surface area (Å²) in [5, 5.41) is 12.5. The lowest BCUT2D eigenvalue weighted by Gasteiger charge is -2.17. The van der Waals surface area contributed by atoms with Gasteiger partial charge < -0.3 is 5.32 Å². The number of benzene rings is 1. The molecule has 0 amide bonds. The van der Waals surface area contributed by atoms with E-state index in [1.54, 1.807) is 0 Å². The average Bonchev–Trinajstić information content (AvgIpc) is 2.73. The summed E-state index contributed by atoms with van der Waals surface area (Å²) in [6.07, 6.45) is 4.00. The van der Waals surface area contributed by atoms with Crippen LogP contribution in [-0.2, 0) is 0 Å². The molecule has 0 saturated heterocycles. The van der Waals surface area contributed by atoms with Crippen LogP contribution in [-0.4, -0.2) is 6.54 Å². The molecule has 2 rings (SSSR count). The highest BCUT2D eigenvalue weighted by molar-refractivity contribution is 9.10. The highest BCUT2D eigenvalue weighted by Gasteiger charge is 2.22. The molecule has 2 nitrogen and oxygen atoms in total. The first-order valence-corrected chi connectivity index (χ1v) is 6.93. The molecule has 0 bridgehead atoms. The van der Waals surface area contributed by atoms with Crippen LogP contribution in [0.1, 0.15) is 31.7 Å². The lowest BCUT2D eigenvalue weighted by Crippen LogP contribution is -2.16. The predicted octanol–water partition coefficient (Wildman–Crippen LogP) is 4.17. The molecule has 1 fully saturated rings. The SMILES string of the molecule is CC1CCCC1CNc1ccc(Br)cc1C#N. The van der Waals surface area contributed by atoms with E-state index in [1.807, 2.05) is 18.2 Å². The van der Waals surface area contributed by atoms with Crippen molar-refractivity contribution in [3.05, 3.63) is 28.2 Å². The largest absolute Gasteiger partial charge is 0.384 e. The molecule has 3 heteroatoms. The third-order valence-electron chi connectivity index (χ3n) is 3.70. The van der Waals surface area contributed by atoms with Gasteiger partial charge in [0, 0.05) is 11.0 Å². The first kappa shape index (κ1) is 12.4. The highest BCUT2D eigenvalue weighted by atomic mass is 79.9. The molecule has 0 radical (unpaired) electrons. The smallest absolute Gasteiger partial charge is 0.101 e. The van der Waals surface area contributed by atoms with Crippen LogP contribution in [0.5, 0.6) is 0 Å². The van der Waals surface area contributed by atoms with E-state index < -0.39 is 0 Å². The first-order chi connectivity index (χ1) is 8.20. The Hall–Kier alpha value is -1.01. The third-order valence-corrected chi connectivity index (χ3v) is 4.19. The molecule has 0 heterocycles. The van der Waals surface area contributed by atoms with Crippen LogP contribution in [0.2, 0.25) is 0 Å². The molecule has 0 aliphatic heterocycles. The van der Waals surface area contributed by atoms with E-state index >= 15 is 0 Å². The van der Waals surface area contributed by atoms with Gasteiger partial charge in [0.05, 0.1) is 11.3 Å². The van der Waals surface area contributed by atoms with Crippen LogP contribution in [0.25, 0.3) is 0 Å². The van der Waals surface area contributed by atoms with E-state index in [4.69, 9.17) is 5.26 Å². The van der Waals surface area contributed by atoms with Crippen molar-refractivity contribution >= 4 is 21.6 Å². The second-order valence-electron chi connectivity index (χ2n) is 4.85. The van der Waals surface area contributed by atoms with E-state index in [1.165, 1.54) is 19.3 Å². The molecule has 1 aliphatic carbocycles. The van der Waals surface area contributed by atoms with E-state index in [0.717, 1.165) is 28.5 Å². The topological polar surface area (TPSA) is 35.8 Å². The number of hydrogen-bond acceptors (Lipinski definition) is 2. The van der Waals surface area contributed by atoms with E-state index in [-0.39, 0.29) is 0 Å². The van der Waals surface area contributed by atoms with E-state index in [9.17, 15) is 0 Å². The standard InChI is InChI=1S/C14H17BrN2/c1-10-3-2-4-11(10)9-17-14-6-5-13(15)7-12(14)8-16/h5-7,10-11,17H,2-4,9H2,1H3. The van der Waals surface area contributed by atoms with Crippen molar-refractivity contribution < 1.29 is 0 Å². The van der Waals surface area contributed by atoms with Gasteiger partial charge in [0.1, 0.15) is 6.07 Å². The highest BCUT2D eigenvalue weighted by Crippen LogP contribution is 2.31. The zero-order chi connectivity index (χ0) is 12.3.